The lowest BCUT2D eigenvalue weighted by molar-refractivity contribution is 0.174. The highest BCUT2D eigenvalue weighted by Gasteiger charge is 2.34. The number of hydrogen-bond donors (Lipinski definition) is 2. The monoisotopic (exact) mass is 311 g/mol. The Morgan fingerprint density at radius 1 is 1.52 bits per heavy atom. The molecule has 2 rings (SSSR count). The van der Waals surface area contributed by atoms with E-state index < -0.39 is 6.10 Å². The van der Waals surface area contributed by atoms with Crippen molar-refractivity contribution in [1.29, 1.82) is 0 Å². The van der Waals surface area contributed by atoms with Gasteiger partial charge in [-0.05, 0) is 45.1 Å². The van der Waals surface area contributed by atoms with Crippen LogP contribution in [-0.2, 0) is 0 Å². The fourth-order valence-electron chi connectivity index (χ4n) is 2.60. The fourth-order valence-corrected chi connectivity index (χ4v) is 2.78. The number of aliphatic hydroxyl groups excluding tert-OH is 1. The average molecular weight is 312 g/mol. The number of nitrogens with one attached hydrogen (secondary N) is 1. The Bertz CT molecular complexity index is 522. The Hall–Kier alpha value is -1.30. The van der Waals surface area contributed by atoms with Gasteiger partial charge in [-0.1, -0.05) is 17.7 Å². The molecule has 0 radical (unpaired) electrons. The number of likely N-dealkylation sites (N-methyl/N-ethyl adjacent to an activating group) is 1. The number of hydrogen-bond acceptors (Lipinski definition) is 3. The average Bonchev–Trinajstić information content (AvgIpc) is 2.74. The molecule has 2 N–H and O–H groups in total. The molecule has 1 aromatic carbocycles. The van der Waals surface area contributed by atoms with E-state index in [0.717, 1.165) is 12.1 Å². The number of likely N-dealkylation sites (tertiary alicyclic amines) is 1. The number of urea groups is 1. The Morgan fingerprint density at radius 3 is 2.86 bits per heavy atom. The molecule has 6 heteroatoms. The standard InChI is InChI=1S/C15H22ClN3O2/c1-10-4-5-11(6-14(10)16)17-15(21)19-9-13(20)7-12(19)8-18(2)3/h4-6,12-13,20H,7-9H2,1-3H3,(H,17,21). The number of carbonyl (C=O) groups excluding carboxylic acids is 1. The normalized spacial score (nSPS) is 21.9. The van der Waals surface area contributed by atoms with Crippen molar-refractivity contribution in [2.75, 3.05) is 32.5 Å². The van der Waals surface area contributed by atoms with Crippen LogP contribution in [0.4, 0.5) is 10.5 Å². The number of halogens is 1. The third kappa shape index (κ3) is 4.09. The van der Waals surface area contributed by atoms with Crippen LogP contribution in [0.1, 0.15) is 12.0 Å². The second kappa shape index (κ2) is 6.64. The van der Waals surface area contributed by atoms with Crippen LogP contribution in [-0.4, -0.2) is 60.3 Å². The van der Waals surface area contributed by atoms with Gasteiger partial charge in [0.2, 0.25) is 0 Å². The van der Waals surface area contributed by atoms with E-state index in [1.165, 1.54) is 0 Å². The smallest absolute Gasteiger partial charge is 0.322 e. The summed E-state index contributed by atoms with van der Waals surface area (Å²) in [6.07, 6.45) is 0.155. The number of benzene rings is 1. The van der Waals surface area contributed by atoms with E-state index in [1.54, 1.807) is 11.0 Å². The number of amides is 2. The molecule has 1 fully saturated rings. The minimum absolute atomic E-state index is 0.0240. The molecule has 0 bridgehead atoms. The van der Waals surface area contributed by atoms with Crippen LogP contribution in [0.15, 0.2) is 18.2 Å². The Kier molecular flexibility index (Phi) is 5.08. The van der Waals surface area contributed by atoms with Crippen molar-refractivity contribution in [3.05, 3.63) is 28.8 Å². The minimum atomic E-state index is -0.456. The van der Waals surface area contributed by atoms with Gasteiger partial charge in [0.15, 0.2) is 0 Å². The molecule has 0 spiro atoms. The summed E-state index contributed by atoms with van der Waals surface area (Å²) in [5.41, 5.74) is 1.64. The van der Waals surface area contributed by atoms with E-state index in [0.29, 0.717) is 23.7 Å². The van der Waals surface area contributed by atoms with E-state index in [1.807, 2.05) is 38.1 Å². The number of β-amino-alcohol motifs (C(OH)–C–C–N with tert-alkyl or cyclic N) is 1. The summed E-state index contributed by atoms with van der Waals surface area (Å²) in [7, 11) is 3.92. The van der Waals surface area contributed by atoms with Gasteiger partial charge in [0.25, 0.3) is 0 Å². The maximum absolute atomic E-state index is 12.4. The van der Waals surface area contributed by atoms with Crippen molar-refractivity contribution in [2.45, 2.75) is 25.5 Å². The van der Waals surface area contributed by atoms with Gasteiger partial charge in [0.05, 0.1) is 6.10 Å². The quantitative estimate of drug-likeness (QED) is 0.899. The van der Waals surface area contributed by atoms with Crippen LogP contribution in [0.2, 0.25) is 5.02 Å². The molecule has 1 heterocycles. The predicted molar refractivity (Wildman–Crippen MR) is 84.9 cm³/mol. The molecule has 0 aromatic heterocycles. The van der Waals surface area contributed by atoms with Gasteiger partial charge in [-0.15, -0.1) is 0 Å². The number of aryl methyl sites for hydroxylation is 1. The highest BCUT2D eigenvalue weighted by Crippen LogP contribution is 2.23. The van der Waals surface area contributed by atoms with Crippen molar-refractivity contribution in [1.82, 2.24) is 9.80 Å². The largest absolute Gasteiger partial charge is 0.391 e. The van der Waals surface area contributed by atoms with Crippen molar-refractivity contribution in [2.24, 2.45) is 0 Å². The summed E-state index contributed by atoms with van der Waals surface area (Å²) in [6, 6.07) is 5.26. The van der Waals surface area contributed by atoms with Gasteiger partial charge in [0, 0.05) is 29.8 Å². The summed E-state index contributed by atoms with van der Waals surface area (Å²) in [5.74, 6) is 0. The second-order valence-corrected chi connectivity index (χ2v) is 6.26. The lowest BCUT2D eigenvalue weighted by Gasteiger charge is -2.27. The maximum Gasteiger partial charge on any atom is 0.322 e. The summed E-state index contributed by atoms with van der Waals surface area (Å²) in [6.45, 7) is 3.01. The molecule has 0 aliphatic carbocycles. The molecule has 116 valence electrons. The number of aliphatic hydroxyl groups is 1. The number of rotatable bonds is 3. The highest BCUT2D eigenvalue weighted by atomic mass is 35.5. The van der Waals surface area contributed by atoms with Crippen LogP contribution in [0, 0.1) is 6.92 Å². The summed E-state index contributed by atoms with van der Waals surface area (Å²) in [5, 5.41) is 13.3. The third-order valence-electron chi connectivity index (χ3n) is 3.65. The van der Waals surface area contributed by atoms with Gasteiger partial charge < -0.3 is 20.2 Å². The van der Waals surface area contributed by atoms with Gasteiger partial charge in [-0.25, -0.2) is 4.79 Å². The third-order valence-corrected chi connectivity index (χ3v) is 4.06. The molecule has 2 amide bonds. The van der Waals surface area contributed by atoms with Crippen molar-refractivity contribution in [3.8, 4) is 0 Å². The highest BCUT2D eigenvalue weighted by molar-refractivity contribution is 6.31. The van der Waals surface area contributed by atoms with Crippen LogP contribution < -0.4 is 5.32 Å². The summed E-state index contributed by atoms with van der Waals surface area (Å²) >= 11 is 6.07. The van der Waals surface area contributed by atoms with E-state index in [2.05, 4.69) is 5.32 Å². The molecule has 1 saturated heterocycles. The molecule has 5 nitrogen and oxygen atoms in total. The first-order chi connectivity index (χ1) is 9.86. The molecular formula is C15H22ClN3O2. The van der Waals surface area contributed by atoms with E-state index in [-0.39, 0.29) is 12.1 Å². The Morgan fingerprint density at radius 2 is 2.24 bits per heavy atom. The number of nitrogens with zero attached hydrogens (tertiary/aromatic N) is 2. The van der Waals surface area contributed by atoms with Crippen molar-refractivity contribution in [3.63, 3.8) is 0 Å². The molecule has 1 aromatic rings. The van der Waals surface area contributed by atoms with Crippen LogP contribution in [0.3, 0.4) is 0 Å². The molecule has 2 unspecified atom stereocenters. The van der Waals surface area contributed by atoms with Crippen molar-refractivity contribution >= 4 is 23.3 Å². The summed E-state index contributed by atoms with van der Waals surface area (Å²) < 4.78 is 0. The Labute approximate surface area is 130 Å². The van der Waals surface area contributed by atoms with Crippen LogP contribution in [0.5, 0.6) is 0 Å². The van der Waals surface area contributed by atoms with Crippen LogP contribution in [0.25, 0.3) is 0 Å². The van der Waals surface area contributed by atoms with E-state index >= 15 is 0 Å². The number of carbonyl (C=O) groups is 1. The first-order valence-corrected chi connectivity index (χ1v) is 7.41. The zero-order valence-electron chi connectivity index (χ0n) is 12.6. The lowest BCUT2D eigenvalue weighted by Crippen LogP contribution is -2.43. The minimum Gasteiger partial charge on any atom is -0.391 e. The molecular weight excluding hydrogens is 290 g/mol. The molecule has 1 aliphatic rings. The SMILES string of the molecule is Cc1ccc(NC(=O)N2CC(O)CC2CN(C)C)cc1Cl. The van der Waals surface area contributed by atoms with Gasteiger partial charge in [-0.3, -0.25) is 0 Å². The molecule has 0 saturated carbocycles. The predicted octanol–water partition coefficient (Wildman–Crippen LogP) is 2.18. The summed E-state index contributed by atoms with van der Waals surface area (Å²) in [4.78, 5) is 16.1. The Balaban J connectivity index is 2.05. The van der Waals surface area contributed by atoms with E-state index in [9.17, 15) is 9.90 Å². The topological polar surface area (TPSA) is 55.8 Å². The lowest BCUT2D eigenvalue weighted by atomic mass is 10.2. The first-order valence-electron chi connectivity index (χ1n) is 7.03. The van der Waals surface area contributed by atoms with E-state index in [4.69, 9.17) is 11.6 Å². The maximum atomic E-state index is 12.4. The second-order valence-electron chi connectivity index (χ2n) is 5.85. The molecule has 1 aliphatic heterocycles. The first kappa shape index (κ1) is 16.1. The zero-order chi connectivity index (χ0) is 15.6. The van der Waals surface area contributed by atoms with Gasteiger partial charge in [0.1, 0.15) is 0 Å². The zero-order valence-corrected chi connectivity index (χ0v) is 13.4. The molecule has 21 heavy (non-hydrogen) atoms. The van der Waals surface area contributed by atoms with Crippen LogP contribution >= 0.6 is 11.6 Å². The van der Waals surface area contributed by atoms with Crippen molar-refractivity contribution < 1.29 is 9.90 Å². The fraction of sp³-hybridized carbons (Fsp3) is 0.533. The van der Waals surface area contributed by atoms with Gasteiger partial charge >= 0.3 is 6.03 Å². The van der Waals surface area contributed by atoms with Gasteiger partial charge in [-0.2, -0.15) is 0 Å². The molecule has 2 atom stereocenters. The number of anilines is 1.